The first kappa shape index (κ1) is 14.0. The lowest BCUT2D eigenvalue weighted by molar-refractivity contribution is -0.142. The van der Waals surface area contributed by atoms with Crippen molar-refractivity contribution in [1.82, 2.24) is 5.32 Å². The molecular formula is C12H22N2O3. The van der Waals surface area contributed by atoms with E-state index >= 15 is 0 Å². The van der Waals surface area contributed by atoms with Gasteiger partial charge in [-0.15, -0.1) is 0 Å². The van der Waals surface area contributed by atoms with E-state index in [1.165, 1.54) is 0 Å². The lowest BCUT2D eigenvalue weighted by Gasteiger charge is -2.18. The van der Waals surface area contributed by atoms with Crippen LogP contribution in [0.2, 0.25) is 0 Å². The molecule has 4 N–H and O–H groups in total. The first-order valence-corrected chi connectivity index (χ1v) is 6.26. The van der Waals surface area contributed by atoms with Crippen LogP contribution in [0.1, 0.15) is 39.0 Å². The van der Waals surface area contributed by atoms with Gasteiger partial charge in [0.2, 0.25) is 5.91 Å². The quantitative estimate of drug-likeness (QED) is 0.640. The zero-order valence-electron chi connectivity index (χ0n) is 10.3. The predicted octanol–water partition coefficient (Wildman–Crippen LogP) is 0.731. The van der Waals surface area contributed by atoms with Crippen molar-refractivity contribution < 1.29 is 14.7 Å². The molecule has 5 heteroatoms. The van der Waals surface area contributed by atoms with Crippen LogP contribution in [0.5, 0.6) is 0 Å². The van der Waals surface area contributed by atoms with E-state index in [2.05, 4.69) is 5.32 Å². The summed E-state index contributed by atoms with van der Waals surface area (Å²) in [6, 6.07) is -0.187. The number of nitrogens with two attached hydrogens (primary N) is 1. The van der Waals surface area contributed by atoms with Gasteiger partial charge in [0.05, 0.1) is 5.92 Å². The van der Waals surface area contributed by atoms with Gasteiger partial charge < -0.3 is 16.2 Å². The Bertz CT molecular complexity index is 281. The van der Waals surface area contributed by atoms with Gasteiger partial charge in [-0.25, -0.2) is 0 Å². The number of hydrogen-bond donors (Lipinski definition) is 3. The van der Waals surface area contributed by atoms with Crippen molar-refractivity contribution in [2.75, 3.05) is 6.54 Å². The lowest BCUT2D eigenvalue weighted by Crippen LogP contribution is -2.40. The number of nitrogens with one attached hydrogen (secondary N) is 1. The second-order valence-corrected chi connectivity index (χ2v) is 4.93. The average Bonchev–Trinajstić information content (AvgIpc) is 2.74. The number of carbonyl (C=O) groups excluding carboxylic acids is 1. The highest BCUT2D eigenvalue weighted by Crippen LogP contribution is 2.25. The normalized spacial score (nSPS) is 25.5. The fourth-order valence-corrected chi connectivity index (χ4v) is 2.20. The van der Waals surface area contributed by atoms with Crippen molar-refractivity contribution in [2.24, 2.45) is 17.6 Å². The van der Waals surface area contributed by atoms with E-state index in [0.717, 1.165) is 19.3 Å². The molecule has 1 fully saturated rings. The van der Waals surface area contributed by atoms with Crippen molar-refractivity contribution in [1.29, 1.82) is 0 Å². The Morgan fingerprint density at radius 3 is 2.76 bits per heavy atom. The molecule has 0 aromatic carbocycles. The third kappa shape index (κ3) is 4.34. The van der Waals surface area contributed by atoms with Crippen LogP contribution in [-0.4, -0.2) is 29.6 Å². The smallest absolute Gasteiger partial charge is 0.308 e. The third-order valence-corrected chi connectivity index (χ3v) is 3.45. The summed E-state index contributed by atoms with van der Waals surface area (Å²) in [5, 5.41) is 11.8. The van der Waals surface area contributed by atoms with Crippen molar-refractivity contribution in [3.8, 4) is 0 Å². The van der Waals surface area contributed by atoms with Gasteiger partial charge in [0, 0.05) is 12.5 Å². The maximum Gasteiger partial charge on any atom is 0.308 e. The summed E-state index contributed by atoms with van der Waals surface area (Å²) in [6.07, 6.45) is 3.50. The molecule has 3 unspecified atom stereocenters. The summed E-state index contributed by atoms with van der Waals surface area (Å²) < 4.78 is 0. The van der Waals surface area contributed by atoms with E-state index < -0.39 is 11.9 Å². The fraction of sp³-hybridized carbons (Fsp3) is 0.833. The minimum Gasteiger partial charge on any atom is -0.481 e. The van der Waals surface area contributed by atoms with Crippen molar-refractivity contribution >= 4 is 11.9 Å². The largest absolute Gasteiger partial charge is 0.481 e. The van der Waals surface area contributed by atoms with Crippen LogP contribution >= 0.6 is 0 Å². The Balaban J connectivity index is 2.33. The van der Waals surface area contributed by atoms with E-state index in [1.54, 1.807) is 0 Å². The summed E-state index contributed by atoms with van der Waals surface area (Å²) in [4.78, 5) is 22.6. The third-order valence-electron chi connectivity index (χ3n) is 3.45. The van der Waals surface area contributed by atoms with Gasteiger partial charge in [-0.05, 0) is 31.7 Å². The van der Waals surface area contributed by atoms with E-state index in [0.29, 0.717) is 25.3 Å². The summed E-state index contributed by atoms with van der Waals surface area (Å²) in [6.45, 7) is 2.58. The van der Waals surface area contributed by atoms with Crippen LogP contribution in [0.15, 0.2) is 0 Å². The van der Waals surface area contributed by atoms with E-state index in [1.807, 2.05) is 6.92 Å². The van der Waals surface area contributed by atoms with Crippen LogP contribution in [0, 0.1) is 11.8 Å². The van der Waals surface area contributed by atoms with Crippen molar-refractivity contribution in [3.63, 3.8) is 0 Å². The molecule has 0 bridgehead atoms. The Kier molecular flexibility index (Phi) is 5.41. The van der Waals surface area contributed by atoms with Crippen LogP contribution in [0.4, 0.5) is 0 Å². The van der Waals surface area contributed by atoms with Gasteiger partial charge in [-0.3, -0.25) is 9.59 Å². The summed E-state index contributed by atoms with van der Waals surface area (Å²) in [5.41, 5.74) is 5.47. The molecule has 1 amide bonds. The van der Waals surface area contributed by atoms with Crippen LogP contribution in [0.3, 0.4) is 0 Å². The van der Waals surface area contributed by atoms with Gasteiger partial charge in [-0.1, -0.05) is 13.3 Å². The predicted molar refractivity (Wildman–Crippen MR) is 64.4 cm³/mol. The standard InChI is InChI=1S/C12H22N2O3/c1-8(7-13)5-6-11(15)14-10-4-2-3-9(10)12(16)17/h8-10H,2-7,13H2,1H3,(H,14,15)(H,16,17). The highest BCUT2D eigenvalue weighted by molar-refractivity contribution is 5.78. The first-order valence-electron chi connectivity index (χ1n) is 6.26. The van der Waals surface area contributed by atoms with Gasteiger partial charge in [0.1, 0.15) is 0 Å². The number of hydrogen-bond acceptors (Lipinski definition) is 3. The molecule has 0 aromatic heterocycles. The fourth-order valence-electron chi connectivity index (χ4n) is 2.20. The maximum atomic E-state index is 11.6. The second kappa shape index (κ2) is 6.59. The first-order chi connectivity index (χ1) is 8.04. The van der Waals surface area contributed by atoms with Crippen LogP contribution in [0.25, 0.3) is 0 Å². The van der Waals surface area contributed by atoms with Gasteiger partial charge in [0.15, 0.2) is 0 Å². The summed E-state index contributed by atoms with van der Waals surface area (Å²) >= 11 is 0. The molecule has 1 saturated carbocycles. The molecular weight excluding hydrogens is 220 g/mol. The van der Waals surface area contributed by atoms with Gasteiger partial charge >= 0.3 is 5.97 Å². The minimum absolute atomic E-state index is 0.0524. The molecule has 0 saturated heterocycles. The highest BCUT2D eigenvalue weighted by Gasteiger charge is 2.33. The topological polar surface area (TPSA) is 92.4 Å². The molecule has 5 nitrogen and oxygen atoms in total. The van der Waals surface area contributed by atoms with Gasteiger partial charge in [0.25, 0.3) is 0 Å². The number of carbonyl (C=O) groups is 2. The molecule has 1 aliphatic rings. The maximum absolute atomic E-state index is 11.6. The number of rotatable bonds is 6. The number of amides is 1. The molecule has 98 valence electrons. The number of aliphatic carboxylic acids is 1. The van der Waals surface area contributed by atoms with Crippen LogP contribution in [-0.2, 0) is 9.59 Å². The molecule has 3 atom stereocenters. The zero-order chi connectivity index (χ0) is 12.8. The average molecular weight is 242 g/mol. The Morgan fingerprint density at radius 2 is 2.18 bits per heavy atom. The molecule has 1 aliphatic carbocycles. The Morgan fingerprint density at radius 1 is 1.47 bits per heavy atom. The molecule has 0 spiro atoms. The summed E-state index contributed by atoms with van der Waals surface area (Å²) in [5.74, 6) is -0.933. The SMILES string of the molecule is CC(CN)CCC(=O)NC1CCCC1C(=O)O. The van der Waals surface area contributed by atoms with Crippen molar-refractivity contribution in [3.05, 3.63) is 0 Å². The molecule has 0 aliphatic heterocycles. The zero-order valence-corrected chi connectivity index (χ0v) is 10.3. The highest BCUT2D eigenvalue weighted by atomic mass is 16.4. The molecule has 0 heterocycles. The van der Waals surface area contributed by atoms with E-state index in [-0.39, 0.29) is 11.9 Å². The molecule has 0 radical (unpaired) electrons. The molecule has 17 heavy (non-hydrogen) atoms. The van der Waals surface area contributed by atoms with E-state index in [9.17, 15) is 9.59 Å². The molecule has 1 rings (SSSR count). The lowest BCUT2D eigenvalue weighted by atomic mass is 10.0. The summed E-state index contributed by atoms with van der Waals surface area (Å²) in [7, 11) is 0. The Labute approximate surface area is 102 Å². The molecule has 0 aromatic rings. The number of carboxylic acids is 1. The minimum atomic E-state index is -0.803. The van der Waals surface area contributed by atoms with Crippen LogP contribution < -0.4 is 11.1 Å². The number of carboxylic acid groups (broad SMARTS) is 1. The van der Waals surface area contributed by atoms with E-state index in [4.69, 9.17) is 10.8 Å². The van der Waals surface area contributed by atoms with Gasteiger partial charge in [-0.2, -0.15) is 0 Å². The second-order valence-electron chi connectivity index (χ2n) is 4.93. The van der Waals surface area contributed by atoms with Crippen molar-refractivity contribution in [2.45, 2.75) is 45.1 Å². The monoisotopic (exact) mass is 242 g/mol. The Hall–Kier alpha value is -1.10.